The highest BCUT2D eigenvalue weighted by Crippen LogP contribution is 2.22. The maximum absolute atomic E-state index is 11.1. The zero-order valence-electron chi connectivity index (χ0n) is 11.1. The summed E-state index contributed by atoms with van der Waals surface area (Å²) in [4.78, 5) is 23.8. The highest BCUT2D eigenvalue weighted by molar-refractivity contribution is 6.31. The van der Waals surface area contributed by atoms with Gasteiger partial charge in [-0.1, -0.05) is 17.7 Å². The first-order chi connectivity index (χ1) is 8.66. The first-order valence-electron chi connectivity index (χ1n) is 5.69. The van der Waals surface area contributed by atoms with E-state index in [0.29, 0.717) is 17.1 Å². The van der Waals surface area contributed by atoms with Crippen LogP contribution in [0.25, 0.3) is 0 Å². The van der Waals surface area contributed by atoms with Crippen molar-refractivity contribution in [2.45, 2.75) is 25.9 Å². The van der Waals surface area contributed by atoms with Crippen LogP contribution in [-0.2, 0) is 11.3 Å². The second kappa shape index (κ2) is 5.59. The molecule has 0 spiro atoms. The molecule has 0 aliphatic rings. The van der Waals surface area contributed by atoms with E-state index in [0.717, 1.165) is 5.56 Å². The molecule has 0 saturated carbocycles. The molecule has 5 nitrogen and oxygen atoms in total. The van der Waals surface area contributed by atoms with Gasteiger partial charge < -0.3 is 10.8 Å². The number of primary amides is 1. The number of carbonyl (C=O) groups is 2. The first kappa shape index (κ1) is 15.5. The number of likely N-dealkylation sites (N-methyl/N-ethyl adjacent to an activating group) is 1. The van der Waals surface area contributed by atoms with Crippen LogP contribution < -0.4 is 5.73 Å². The van der Waals surface area contributed by atoms with Crippen molar-refractivity contribution in [1.82, 2.24) is 4.90 Å². The normalized spacial score (nSPS) is 11.6. The Balaban J connectivity index is 2.95. The summed E-state index contributed by atoms with van der Waals surface area (Å²) in [5.74, 6) is -1.47. The molecule has 1 rings (SSSR count). The number of benzene rings is 1. The molecular weight excluding hydrogens is 268 g/mol. The zero-order valence-corrected chi connectivity index (χ0v) is 11.9. The highest BCUT2D eigenvalue weighted by atomic mass is 35.5. The number of halogens is 1. The first-order valence-corrected chi connectivity index (χ1v) is 6.07. The fraction of sp³-hybridized carbons (Fsp3) is 0.385. The second-order valence-corrected chi connectivity index (χ2v) is 5.30. The van der Waals surface area contributed by atoms with Gasteiger partial charge in [0.15, 0.2) is 0 Å². The van der Waals surface area contributed by atoms with E-state index >= 15 is 0 Å². The van der Waals surface area contributed by atoms with Crippen LogP contribution in [0.2, 0.25) is 5.02 Å². The summed E-state index contributed by atoms with van der Waals surface area (Å²) in [6.45, 7) is 3.58. The third-order valence-electron chi connectivity index (χ3n) is 3.22. The lowest BCUT2D eigenvalue weighted by Crippen LogP contribution is -2.47. The zero-order chi connectivity index (χ0) is 14.8. The monoisotopic (exact) mass is 284 g/mol. The predicted molar refractivity (Wildman–Crippen MR) is 73.2 cm³/mol. The van der Waals surface area contributed by atoms with Gasteiger partial charge in [-0.15, -0.1) is 0 Å². The Morgan fingerprint density at radius 1 is 1.42 bits per heavy atom. The quantitative estimate of drug-likeness (QED) is 0.862. The van der Waals surface area contributed by atoms with E-state index in [-0.39, 0.29) is 0 Å². The molecule has 0 aliphatic carbocycles. The molecule has 0 aliphatic heterocycles. The number of aliphatic carboxylic acids is 1. The van der Waals surface area contributed by atoms with Crippen LogP contribution in [0.4, 0.5) is 0 Å². The molecule has 0 atom stereocenters. The Morgan fingerprint density at radius 2 is 2.00 bits per heavy atom. The van der Waals surface area contributed by atoms with Gasteiger partial charge in [-0.25, -0.2) is 0 Å². The molecule has 0 heterocycles. The molecule has 3 N–H and O–H groups in total. The van der Waals surface area contributed by atoms with Crippen molar-refractivity contribution >= 4 is 23.5 Å². The lowest BCUT2D eigenvalue weighted by atomic mass is 10.0. The van der Waals surface area contributed by atoms with E-state index in [2.05, 4.69) is 0 Å². The molecule has 0 unspecified atom stereocenters. The van der Waals surface area contributed by atoms with Gasteiger partial charge in [-0.3, -0.25) is 14.5 Å². The predicted octanol–water partition coefficient (Wildman–Crippen LogP) is 1.73. The SMILES string of the molecule is CN(Cc1ccc(C(N)=O)cc1Cl)C(C)(C)C(=O)O. The molecule has 0 radical (unpaired) electrons. The number of carboxylic acids is 1. The average molecular weight is 285 g/mol. The molecule has 0 fully saturated rings. The molecule has 19 heavy (non-hydrogen) atoms. The lowest BCUT2D eigenvalue weighted by Gasteiger charge is -2.31. The third kappa shape index (κ3) is 3.45. The van der Waals surface area contributed by atoms with Crippen LogP contribution in [0.5, 0.6) is 0 Å². The molecule has 6 heteroatoms. The topological polar surface area (TPSA) is 83.6 Å². The molecule has 0 aromatic heterocycles. The smallest absolute Gasteiger partial charge is 0.323 e. The van der Waals surface area contributed by atoms with Crippen LogP contribution in [0, 0.1) is 0 Å². The van der Waals surface area contributed by atoms with Gasteiger partial charge in [0.2, 0.25) is 5.91 Å². The van der Waals surface area contributed by atoms with Crippen LogP contribution >= 0.6 is 11.6 Å². The van der Waals surface area contributed by atoms with Gasteiger partial charge in [-0.2, -0.15) is 0 Å². The summed E-state index contributed by atoms with van der Waals surface area (Å²) < 4.78 is 0. The van der Waals surface area contributed by atoms with Gasteiger partial charge in [0.05, 0.1) is 0 Å². The lowest BCUT2D eigenvalue weighted by molar-refractivity contribution is -0.148. The number of nitrogens with zero attached hydrogens (tertiary/aromatic N) is 1. The largest absolute Gasteiger partial charge is 0.480 e. The average Bonchev–Trinajstić information content (AvgIpc) is 2.30. The van der Waals surface area contributed by atoms with Gasteiger partial charge in [0.1, 0.15) is 5.54 Å². The van der Waals surface area contributed by atoms with Crippen molar-refractivity contribution in [1.29, 1.82) is 0 Å². The van der Waals surface area contributed by atoms with Crippen LogP contribution in [0.3, 0.4) is 0 Å². The summed E-state index contributed by atoms with van der Waals surface area (Å²) >= 11 is 6.07. The number of hydrogen-bond donors (Lipinski definition) is 2. The van der Waals surface area contributed by atoms with Gasteiger partial charge >= 0.3 is 5.97 Å². The molecule has 1 amide bonds. The Hall–Kier alpha value is -1.59. The number of nitrogens with two attached hydrogens (primary N) is 1. The minimum atomic E-state index is -1.01. The van der Waals surface area contributed by atoms with Crippen LogP contribution in [-0.4, -0.2) is 34.5 Å². The standard InChI is InChI=1S/C13H17ClN2O3/c1-13(2,12(18)19)16(3)7-9-5-4-8(11(15)17)6-10(9)14/h4-6H,7H2,1-3H3,(H2,15,17)(H,18,19). The highest BCUT2D eigenvalue weighted by Gasteiger charge is 2.32. The van der Waals surface area contributed by atoms with E-state index in [9.17, 15) is 9.59 Å². The maximum atomic E-state index is 11.1. The summed E-state index contributed by atoms with van der Waals surface area (Å²) in [5.41, 5.74) is 5.22. The van der Waals surface area contributed by atoms with E-state index in [4.69, 9.17) is 22.4 Å². The molecular formula is C13H17ClN2O3. The van der Waals surface area contributed by atoms with Gasteiger partial charge in [0, 0.05) is 17.1 Å². The molecule has 104 valence electrons. The molecule has 0 saturated heterocycles. The fourth-order valence-electron chi connectivity index (χ4n) is 1.45. The summed E-state index contributed by atoms with van der Waals surface area (Å²) in [5, 5.41) is 9.53. The summed E-state index contributed by atoms with van der Waals surface area (Å²) in [7, 11) is 1.70. The number of carbonyl (C=O) groups excluding carboxylic acids is 1. The molecule has 1 aromatic rings. The number of hydrogen-bond acceptors (Lipinski definition) is 3. The van der Waals surface area contributed by atoms with Crippen molar-refractivity contribution in [3.63, 3.8) is 0 Å². The number of amides is 1. The number of carboxylic acid groups (broad SMARTS) is 1. The van der Waals surface area contributed by atoms with E-state index in [1.165, 1.54) is 6.07 Å². The van der Waals surface area contributed by atoms with Crippen molar-refractivity contribution in [3.05, 3.63) is 34.3 Å². The summed E-state index contributed by atoms with van der Waals surface area (Å²) in [6.07, 6.45) is 0. The van der Waals surface area contributed by atoms with E-state index in [1.807, 2.05) is 0 Å². The Kier molecular flexibility index (Phi) is 4.55. The number of rotatable bonds is 5. The molecule has 1 aromatic carbocycles. The third-order valence-corrected chi connectivity index (χ3v) is 3.57. The van der Waals surface area contributed by atoms with Gasteiger partial charge in [-0.05, 0) is 38.6 Å². The van der Waals surface area contributed by atoms with Crippen molar-refractivity contribution < 1.29 is 14.7 Å². The minimum absolute atomic E-state index is 0.328. The van der Waals surface area contributed by atoms with Crippen LogP contribution in [0.1, 0.15) is 29.8 Å². The van der Waals surface area contributed by atoms with Gasteiger partial charge in [0.25, 0.3) is 0 Å². The van der Waals surface area contributed by atoms with Crippen molar-refractivity contribution in [3.8, 4) is 0 Å². The minimum Gasteiger partial charge on any atom is -0.480 e. The Bertz CT molecular complexity index is 515. The maximum Gasteiger partial charge on any atom is 0.323 e. The Labute approximate surface area is 117 Å². The van der Waals surface area contributed by atoms with E-state index < -0.39 is 17.4 Å². The van der Waals surface area contributed by atoms with E-state index in [1.54, 1.807) is 37.9 Å². The molecule has 0 bridgehead atoms. The Morgan fingerprint density at radius 3 is 2.42 bits per heavy atom. The summed E-state index contributed by atoms with van der Waals surface area (Å²) in [6, 6.07) is 4.74. The van der Waals surface area contributed by atoms with Crippen molar-refractivity contribution in [2.75, 3.05) is 7.05 Å². The fourth-order valence-corrected chi connectivity index (χ4v) is 1.69. The second-order valence-electron chi connectivity index (χ2n) is 4.89. The van der Waals surface area contributed by atoms with Crippen molar-refractivity contribution in [2.24, 2.45) is 5.73 Å². The van der Waals surface area contributed by atoms with Crippen LogP contribution in [0.15, 0.2) is 18.2 Å².